The van der Waals surface area contributed by atoms with E-state index in [1.54, 1.807) is 18.2 Å². The van der Waals surface area contributed by atoms with Crippen molar-refractivity contribution in [1.29, 1.82) is 0 Å². The van der Waals surface area contributed by atoms with E-state index in [9.17, 15) is 18.0 Å². The van der Waals surface area contributed by atoms with Crippen molar-refractivity contribution in [2.24, 2.45) is 0 Å². The van der Waals surface area contributed by atoms with Crippen LogP contribution in [0.5, 0.6) is 17.2 Å². The van der Waals surface area contributed by atoms with Crippen LogP contribution in [0.25, 0.3) is 33.1 Å². The first-order valence-electron chi connectivity index (χ1n) is 11.7. The summed E-state index contributed by atoms with van der Waals surface area (Å²) in [6.07, 6.45) is -4.47. The number of nitrogens with one attached hydrogen (secondary N) is 3. The molecule has 0 aliphatic rings. The summed E-state index contributed by atoms with van der Waals surface area (Å²) in [5.41, 5.74) is 2.11. The van der Waals surface area contributed by atoms with E-state index >= 15 is 0 Å². The highest BCUT2D eigenvalue weighted by Crippen LogP contribution is 2.43. The minimum Gasteiger partial charge on any atom is -0.493 e. The molecule has 2 aromatic heterocycles. The molecule has 0 spiro atoms. The molecule has 2 heterocycles. The third-order valence-electron chi connectivity index (χ3n) is 6.15. The fourth-order valence-corrected chi connectivity index (χ4v) is 4.36. The van der Waals surface area contributed by atoms with Crippen LogP contribution < -0.4 is 24.8 Å². The number of ether oxygens (including phenoxy) is 3. The number of urea groups is 1. The fourth-order valence-electron chi connectivity index (χ4n) is 4.36. The maximum absolute atomic E-state index is 12.9. The lowest BCUT2D eigenvalue weighted by Gasteiger charge is -2.15. The number of anilines is 2. The lowest BCUT2D eigenvalue weighted by atomic mass is 10.1. The Morgan fingerprint density at radius 1 is 0.846 bits per heavy atom. The Hall–Kier alpha value is -4.93. The van der Waals surface area contributed by atoms with Crippen LogP contribution in [-0.2, 0) is 6.18 Å². The van der Waals surface area contributed by atoms with Crippen LogP contribution in [0.1, 0.15) is 5.56 Å². The molecule has 39 heavy (non-hydrogen) atoms. The molecule has 0 unspecified atom stereocenters. The molecule has 5 rings (SSSR count). The summed E-state index contributed by atoms with van der Waals surface area (Å²) >= 11 is 0. The Balaban J connectivity index is 1.57. The second kappa shape index (κ2) is 10.1. The molecule has 0 atom stereocenters. The van der Waals surface area contributed by atoms with Gasteiger partial charge in [0.1, 0.15) is 5.82 Å². The zero-order chi connectivity index (χ0) is 27.7. The quantitative estimate of drug-likeness (QED) is 0.216. The average molecular weight is 537 g/mol. The average Bonchev–Trinajstić information content (AvgIpc) is 3.30. The van der Waals surface area contributed by atoms with Crippen LogP contribution >= 0.6 is 0 Å². The third kappa shape index (κ3) is 4.98. The first-order chi connectivity index (χ1) is 18.7. The molecule has 0 saturated heterocycles. The van der Waals surface area contributed by atoms with Crippen molar-refractivity contribution < 1.29 is 32.2 Å². The molecule has 200 valence electrons. The first kappa shape index (κ1) is 25.7. The number of hydrogen-bond donors (Lipinski definition) is 3. The highest BCUT2D eigenvalue weighted by Gasteiger charge is 2.30. The van der Waals surface area contributed by atoms with Crippen molar-refractivity contribution in [3.63, 3.8) is 0 Å². The number of H-pyrrole nitrogens is 1. The fraction of sp³-hybridized carbons (Fsp3) is 0.143. The van der Waals surface area contributed by atoms with Crippen molar-refractivity contribution in [1.82, 2.24) is 9.97 Å². The van der Waals surface area contributed by atoms with Gasteiger partial charge in [0.05, 0.1) is 38.1 Å². The van der Waals surface area contributed by atoms with Gasteiger partial charge in [-0.25, -0.2) is 9.78 Å². The van der Waals surface area contributed by atoms with E-state index in [0.29, 0.717) is 28.5 Å². The molecule has 0 bridgehead atoms. The molecule has 0 aliphatic heterocycles. The van der Waals surface area contributed by atoms with E-state index in [-0.39, 0.29) is 11.5 Å². The summed E-state index contributed by atoms with van der Waals surface area (Å²) < 4.78 is 55.0. The standard InChI is InChI=1S/C28H23F3N4O4/c1-37-21-12-15(13-22(38-2)26(21)39-3)24-25-19(18-6-4-5-7-20(18)33-25)14-23(34-24)35-27(36)32-17-10-8-16(9-11-17)28(29,30)31/h4-14,33H,1-3H3,(H2,32,34,35,36). The maximum atomic E-state index is 12.9. The maximum Gasteiger partial charge on any atom is 0.416 e. The molecular formula is C28H23F3N4O4. The van der Waals surface area contributed by atoms with Gasteiger partial charge in [-0.15, -0.1) is 0 Å². The summed E-state index contributed by atoms with van der Waals surface area (Å²) in [6.45, 7) is 0. The molecule has 2 amide bonds. The number of fused-ring (bicyclic) bond motifs is 3. The third-order valence-corrected chi connectivity index (χ3v) is 6.15. The van der Waals surface area contributed by atoms with Crippen molar-refractivity contribution in [3.05, 3.63) is 72.3 Å². The topological polar surface area (TPSA) is 97.5 Å². The van der Waals surface area contributed by atoms with Gasteiger partial charge in [-0.3, -0.25) is 5.32 Å². The second-order valence-electron chi connectivity index (χ2n) is 8.52. The van der Waals surface area contributed by atoms with Crippen LogP contribution in [0.15, 0.2) is 66.7 Å². The monoisotopic (exact) mass is 536 g/mol. The minimum absolute atomic E-state index is 0.193. The number of nitrogens with zero attached hydrogens (tertiary/aromatic N) is 1. The summed E-state index contributed by atoms with van der Waals surface area (Å²) in [4.78, 5) is 20.9. The van der Waals surface area contributed by atoms with Gasteiger partial charge < -0.3 is 24.5 Å². The number of para-hydroxylation sites is 1. The number of hydrogen-bond acceptors (Lipinski definition) is 5. The number of aromatic amines is 1. The van der Waals surface area contributed by atoms with Gasteiger partial charge in [0.25, 0.3) is 0 Å². The van der Waals surface area contributed by atoms with E-state index in [0.717, 1.165) is 33.9 Å². The van der Waals surface area contributed by atoms with Crippen LogP contribution in [0.3, 0.4) is 0 Å². The van der Waals surface area contributed by atoms with Crippen LogP contribution in [0, 0.1) is 0 Å². The second-order valence-corrected chi connectivity index (χ2v) is 8.52. The molecule has 8 nitrogen and oxygen atoms in total. The minimum atomic E-state index is -4.47. The van der Waals surface area contributed by atoms with Crippen molar-refractivity contribution in [2.45, 2.75) is 6.18 Å². The molecule has 3 aromatic carbocycles. The van der Waals surface area contributed by atoms with Gasteiger partial charge in [0.2, 0.25) is 5.75 Å². The zero-order valence-corrected chi connectivity index (χ0v) is 21.1. The highest BCUT2D eigenvalue weighted by molar-refractivity contribution is 6.13. The van der Waals surface area contributed by atoms with Crippen molar-refractivity contribution in [2.75, 3.05) is 32.0 Å². The van der Waals surface area contributed by atoms with E-state index in [4.69, 9.17) is 19.2 Å². The van der Waals surface area contributed by atoms with Crippen molar-refractivity contribution >= 4 is 39.3 Å². The van der Waals surface area contributed by atoms with E-state index < -0.39 is 17.8 Å². The molecule has 0 saturated carbocycles. The van der Waals surface area contributed by atoms with E-state index in [2.05, 4.69) is 15.6 Å². The number of rotatable bonds is 6. The van der Waals surface area contributed by atoms with Gasteiger partial charge in [-0.05, 0) is 48.5 Å². The lowest BCUT2D eigenvalue weighted by molar-refractivity contribution is -0.137. The summed E-state index contributed by atoms with van der Waals surface area (Å²) in [7, 11) is 4.53. The normalized spacial score (nSPS) is 11.4. The van der Waals surface area contributed by atoms with Crippen LogP contribution in [0.2, 0.25) is 0 Å². The molecule has 0 fully saturated rings. The Bertz CT molecular complexity index is 1660. The molecule has 3 N–H and O–H groups in total. The lowest BCUT2D eigenvalue weighted by Crippen LogP contribution is -2.20. The largest absolute Gasteiger partial charge is 0.493 e. The smallest absolute Gasteiger partial charge is 0.416 e. The van der Waals surface area contributed by atoms with Gasteiger partial charge in [-0.2, -0.15) is 13.2 Å². The number of carbonyl (C=O) groups excluding carboxylic acids is 1. The highest BCUT2D eigenvalue weighted by atomic mass is 19.4. The number of pyridine rings is 1. The zero-order valence-electron chi connectivity index (χ0n) is 21.1. The van der Waals surface area contributed by atoms with E-state index in [1.165, 1.54) is 33.5 Å². The Morgan fingerprint density at radius 3 is 2.13 bits per heavy atom. The number of amides is 2. The summed E-state index contributed by atoms with van der Waals surface area (Å²) in [5.74, 6) is 1.50. The number of alkyl halides is 3. The van der Waals surface area contributed by atoms with Gasteiger partial charge >= 0.3 is 12.2 Å². The number of carbonyl (C=O) groups is 1. The van der Waals surface area contributed by atoms with Gasteiger partial charge in [0.15, 0.2) is 11.5 Å². The van der Waals surface area contributed by atoms with Gasteiger partial charge in [-0.1, -0.05) is 18.2 Å². The number of aromatic nitrogens is 2. The first-order valence-corrected chi connectivity index (χ1v) is 11.7. The van der Waals surface area contributed by atoms with Gasteiger partial charge in [0, 0.05) is 27.5 Å². The summed E-state index contributed by atoms with van der Waals surface area (Å²) in [6, 6.07) is 16.4. The van der Waals surface area contributed by atoms with Crippen LogP contribution in [-0.4, -0.2) is 37.3 Å². The molecular weight excluding hydrogens is 513 g/mol. The van der Waals surface area contributed by atoms with Crippen molar-refractivity contribution in [3.8, 4) is 28.5 Å². The number of methoxy groups -OCH3 is 3. The number of benzene rings is 3. The predicted octanol–water partition coefficient (Wildman–Crippen LogP) is 7.07. The molecule has 5 aromatic rings. The summed E-state index contributed by atoms with van der Waals surface area (Å²) in [5, 5.41) is 6.94. The molecule has 0 aliphatic carbocycles. The number of halogens is 3. The molecule has 11 heteroatoms. The van der Waals surface area contributed by atoms with E-state index in [1.807, 2.05) is 24.3 Å². The Labute approximate surface area is 220 Å². The Kier molecular flexibility index (Phi) is 6.65. The van der Waals surface area contributed by atoms with Crippen LogP contribution in [0.4, 0.5) is 29.5 Å². The SMILES string of the molecule is COc1cc(-c2nc(NC(=O)Nc3ccc(C(F)(F)F)cc3)cc3c2[nH]c2ccccc23)cc(OC)c1OC. The molecule has 0 radical (unpaired) electrons. The predicted molar refractivity (Wildman–Crippen MR) is 143 cm³/mol. The Morgan fingerprint density at radius 2 is 1.51 bits per heavy atom.